The first-order valence-corrected chi connectivity index (χ1v) is 10.2. The number of nitrogens with zero attached hydrogens (tertiary/aromatic N) is 3. The summed E-state index contributed by atoms with van der Waals surface area (Å²) in [4.78, 5) is 23.0. The predicted molar refractivity (Wildman–Crippen MR) is 122 cm³/mol. The van der Waals surface area contributed by atoms with E-state index in [1.165, 1.54) is 4.68 Å². The molecule has 8 nitrogen and oxygen atoms in total. The van der Waals surface area contributed by atoms with Gasteiger partial charge in [0.05, 0.1) is 22.2 Å². The van der Waals surface area contributed by atoms with Gasteiger partial charge in [-0.25, -0.2) is 0 Å². The number of rotatable bonds is 8. The van der Waals surface area contributed by atoms with E-state index < -0.39 is 4.92 Å². The third-order valence-electron chi connectivity index (χ3n) is 5.00. The average Bonchev–Trinajstić information content (AvgIpc) is 3.02. The maximum atomic E-state index is 12.3. The molecule has 0 aliphatic heterocycles. The van der Waals surface area contributed by atoms with Gasteiger partial charge in [-0.05, 0) is 44.5 Å². The Morgan fingerprint density at radius 2 is 1.94 bits per heavy atom. The van der Waals surface area contributed by atoms with Crippen molar-refractivity contribution in [3.63, 3.8) is 0 Å². The zero-order valence-electron chi connectivity index (χ0n) is 17.6. The summed E-state index contributed by atoms with van der Waals surface area (Å²) in [6.07, 6.45) is 0.127. The van der Waals surface area contributed by atoms with E-state index in [2.05, 4.69) is 15.7 Å². The van der Waals surface area contributed by atoms with Crippen molar-refractivity contribution in [3.05, 3.63) is 80.6 Å². The van der Waals surface area contributed by atoms with Crippen LogP contribution in [0.4, 0.5) is 17.1 Å². The van der Waals surface area contributed by atoms with Gasteiger partial charge in [-0.2, -0.15) is 5.10 Å². The van der Waals surface area contributed by atoms with Crippen LogP contribution in [0.15, 0.2) is 48.5 Å². The summed E-state index contributed by atoms with van der Waals surface area (Å²) >= 11 is 6.40. The molecule has 2 aromatic carbocycles. The van der Waals surface area contributed by atoms with Crippen LogP contribution in [0.1, 0.15) is 36.3 Å². The van der Waals surface area contributed by atoms with Crippen LogP contribution in [0.2, 0.25) is 5.02 Å². The third-order valence-corrected chi connectivity index (χ3v) is 5.31. The Morgan fingerprint density at radius 1 is 1.23 bits per heavy atom. The van der Waals surface area contributed by atoms with E-state index in [1.54, 1.807) is 26.0 Å². The number of anilines is 2. The summed E-state index contributed by atoms with van der Waals surface area (Å²) in [6, 6.07) is 15.4. The van der Waals surface area contributed by atoms with Gasteiger partial charge in [0, 0.05) is 18.2 Å². The first kappa shape index (κ1) is 22.3. The maximum absolute atomic E-state index is 12.3. The molecular formula is C22H24ClN5O3. The van der Waals surface area contributed by atoms with Crippen molar-refractivity contribution >= 4 is 34.6 Å². The molecule has 0 saturated carbocycles. The van der Waals surface area contributed by atoms with Gasteiger partial charge < -0.3 is 10.6 Å². The quantitative estimate of drug-likeness (QED) is 0.366. The first-order valence-electron chi connectivity index (χ1n) is 9.85. The van der Waals surface area contributed by atoms with Crippen LogP contribution in [0, 0.1) is 24.0 Å². The highest BCUT2D eigenvalue weighted by Gasteiger charge is 2.21. The number of carbonyl (C=O) groups is 1. The van der Waals surface area contributed by atoms with Gasteiger partial charge in [-0.1, -0.05) is 41.9 Å². The molecule has 1 heterocycles. The Balaban J connectivity index is 1.59. The van der Waals surface area contributed by atoms with Crippen molar-refractivity contribution < 1.29 is 9.72 Å². The second-order valence-corrected chi connectivity index (χ2v) is 7.68. The smallest absolute Gasteiger partial charge is 0.312 e. The largest absolute Gasteiger partial charge is 0.377 e. The van der Waals surface area contributed by atoms with Crippen molar-refractivity contribution in [2.75, 3.05) is 10.6 Å². The highest BCUT2D eigenvalue weighted by Crippen LogP contribution is 2.29. The Hall–Kier alpha value is -3.39. The summed E-state index contributed by atoms with van der Waals surface area (Å²) in [7, 11) is 0. The van der Waals surface area contributed by atoms with Gasteiger partial charge in [0.2, 0.25) is 5.91 Å². The molecule has 1 aromatic heterocycles. The van der Waals surface area contributed by atoms with Crippen molar-refractivity contribution in [3.8, 4) is 0 Å². The molecule has 3 rings (SSSR count). The molecule has 0 aliphatic carbocycles. The third kappa shape index (κ3) is 5.40. The normalized spacial score (nSPS) is 11.7. The summed E-state index contributed by atoms with van der Waals surface area (Å²) in [5.41, 5.74) is 3.24. The molecule has 162 valence electrons. The minimum Gasteiger partial charge on any atom is -0.377 e. The molecule has 0 fully saturated rings. The molecule has 1 unspecified atom stereocenters. The number of nitrogens with one attached hydrogen (secondary N) is 2. The number of hydrogen-bond acceptors (Lipinski definition) is 5. The molecule has 1 atom stereocenters. The van der Waals surface area contributed by atoms with E-state index in [1.807, 2.05) is 43.3 Å². The highest BCUT2D eigenvalue weighted by atomic mass is 35.5. The van der Waals surface area contributed by atoms with Crippen LogP contribution in [0.5, 0.6) is 0 Å². The summed E-state index contributed by atoms with van der Waals surface area (Å²) in [5.74, 6) is -0.232. The van der Waals surface area contributed by atoms with E-state index >= 15 is 0 Å². The lowest BCUT2D eigenvalue weighted by atomic mass is 10.1. The lowest BCUT2D eigenvalue weighted by Gasteiger charge is -2.17. The molecule has 0 radical (unpaired) electrons. The monoisotopic (exact) mass is 441 g/mol. The van der Waals surface area contributed by atoms with E-state index in [9.17, 15) is 14.9 Å². The van der Waals surface area contributed by atoms with Gasteiger partial charge in [0.25, 0.3) is 0 Å². The average molecular weight is 442 g/mol. The molecule has 0 spiro atoms. The molecule has 0 aliphatic rings. The summed E-state index contributed by atoms with van der Waals surface area (Å²) in [5, 5.41) is 21.9. The van der Waals surface area contributed by atoms with Crippen LogP contribution < -0.4 is 10.6 Å². The van der Waals surface area contributed by atoms with Gasteiger partial charge in [-0.3, -0.25) is 19.6 Å². The van der Waals surface area contributed by atoms with Crippen molar-refractivity contribution in [2.24, 2.45) is 0 Å². The van der Waals surface area contributed by atoms with E-state index in [0.29, 0.717) is 22.1 Å². The summed E-state index contributed by atoms with van der Waals surface area (Å²) < 4.78 is 1.48. The topological polar surface area (TPSA) is 102 Å². The van der Waals surface area contributed by atoms with Crippen LogP contribution in [-0.2, 0) is 11.3 Å². The minimum absolute atomic E-state index is 0.0139. The molecular weight excluding hydrogens is 418 g/mol. The Bertz CT molecular complexity index is 1100. The molecule has 0 saturated heterocycles. The SMILES string of the molecule is Cc1nn(CCC(=O)Nc2ccc(NC(C)c3ccccc3)c(Cl)c2)c(C)c1[N+](=O)[O-]. The van der Waals surface area contributed by atoms with Gasteiger partial charge in [0.1, 0.15) is 11.4 Å². The molecule has 31 heavy (non-hydrogen) atoms. The highest BCUT2D eigenvalue weighted by molar-refractivity contribution is 6.33. The molecule has 3 aromatic rings. The van der Waals surface area contributed by atoms with Crippen LogP contribution in [-0.4, -0.2) is 20.6 Å². The standard InChI is InChI=1S/C22H24ClN5O3/c1-14(17-7-5-4-6-8-17)24-20-10-9-18(13-19(20)23)25-21(29)11-12-27-16(3)22(28(30)31)15(2)26-27/h4-10,13-14,24H,11-12H2,1-3H3,(H,25,29). The van der Waals surface area contributed by atoms with Crippen molar-refractivity contribution in [1.29, 1.82) is 0 Å². The van der Waals surface area contributed by atoms with Gasteiger partial charge >= 0.3 is 5.69 Å². The number of amides is 1. The molecule has 0 bridgehead atoms. The fourth-order valence-corrected chi connectivity index (χ4v) is 3.60. The molecule has 9 heteroatoms. The predicted octanol–water partition coefficient (Wildman–Crippen LogP) is 5.26. The lowest BCUT2D eigenvalue weighted by molar-refractivity contribution is -0.386. The Kier molecular flexibility index (Phi) is 6.91. The van der Waals surface area contributed by atoms with Crippen molar-refractivity contribution in [2.45, 2.75) is 39.8 Å². The van der Waals surface area contributed by atoms with Crippen LogP contribution >= 0.6 is 11.6 Å². The number of nitro groups is 1. The fourth-order valence-electron chi connectivity index (χ4n) is 3.37. The zero-order chi connectivity index (χ0) is 22.5. The van der Waals surface area contributed by atoms with Gasteiger partial charge in [0.15, 0.2) is 0 Å². The Morgan fingerprint density at radius 3 is 2.55 bits per heavy atom. The minimum atomic E-state index is -0.454. The number of halogens is 1. The van der Waals surface area contributed by atoms with Crippen LogP contribution in [0.25, 0.3) is 0 Å². The lowest BCUT2D eigenvalue weighted by Crippen LogP contribution is -2.16. The van der Waals surface area contributed by atoms with Crippen molar-refractivity contribution in [1.82, 2.24) is 9.78 Å². The van der Waals surface area contributed by atoms with Crippen LogP contribution in [0.3, 0.4) is 0 Å². The summed E-state index contributed by atoms with van der Waals surface area (Å²) in [6.45, 7) is 5.49. The second kappa shape index (κ2) is 9.61. The van der Waals surface area contributed by atoms with E-state index in [4.69, 9.17) is 11.6 Å². The molecule has 2 N–H and O–H groups in total. The second-order valence-electron chi connectivity index (χ2n) is 7.27. The van der Waals surface area contributed by atoms with Gasteiger partial charge in [-0.15, -0.1) is 0 Å². The first-order chi connectivity index (χ1) is 14.8. The van der Waals surface area contributed by atoms with E-state index in [-0.39, 0.29) is 30.6 Å². The van der Waals surface area contributed by atoms with E-state index in [0.717, 1.165) is 11.3 Å². The number of aryl methyl sites for hydroxylation is 2. The fraction of sp³-hybridized carbons (Fsp3) is 0.273. The number of hydrogen-bond donors (Lipinski definition) is 2. The zero-order valence-corrected chi connectivity index (χ0v) is 18.3. The molecule has 1 amide bonds. The maximum Gasteiger partial charge on any atom is 0.312 e. The number of aromatic nitrogens is 2. The number of benzene rings is 2. The Labute approximate surface area is 185 Å². The number of carbonyl (C=O) groups excluding carboxylic acids is 1.